The first-order chi connectivity index (χ1) is 19.0. The number of nitrogens with zero attached hydrogens (tertiary/aromatic N) is 3. The van der Waals surface area contributed by atoms with E-state index in [9.17, 15) is 9.59 Å². The molecule has 2 aliphatic rings. The number of rotatable bonds is 5. The zero-order valence-corrected chi connectivity index (χ0v) is 22.2. The van der Waals surface area contributed by atoms with E-state index in [0.717, 1.165) is 35.5 Å². The lowest BCUT2D eigenvalue weighted by molar-refractivity contribution is 0.0983. The average Bonchev–Trinajstić information content (AvgIpc) is 3.42. The summed E-state index contributed by atoms with van der Waals surface area (Å²) in [4.78, 5) is 33.6. The van der Waals surface area contributed by atoms with Crippen LogP contribution >= 0.6 is 0 Å². The van der Waals surface area contributed by atoms with Crippen molar-refractivity contribution in [2.24, 2.45) is 0 Å². The normalized spacial score (nSPS) is 18.0. The van der Waals surface area contributed by atoms with E-state index >= 15 is 0 Å². The van der Waals surface area contributed by atoms with Gasteiger partial charge in [0.25, 0.3) is 11.8 Å². The van der Waals surface area contributed by atoms with Crippen molar-refractivity contribution < 1.29 is 9.59 Å². The highest BCUT2D eigenvalue weighted by molar-refractivity contribution is 6.10. The van der Waals surface area contributed by atoms with Crippen LogP contribution in [0.2, 0.25) is 0 Å². The fourth-order valence-electron chi connectivity index (χ4n) is 5.77. The smallest absolute Gasteiger partial charge is 0.258 e. The minimum Gasteiger partial charge on any atom is -0.363 e. The van der Waals surface area contributed by atoms with E-state index in [1.165, 1.54) is 0 Å². The fraction of sp³-hybridized carbons (Fsp3) is 0.212. The fourth-order valence-corrected chi connectivity index (χ4v) is 5.77. The molecule has 0 aromatic heterocycles. The molecule has 2 amide bonds. The van der Waals surface area contributed by atoms with Gasteiger partial charge in [-0.3, -0.25) is 9.59 Å². The lowest BCUT2D eigenvalue weighted by Crippen LogP contribution is -2.48. The SMILES string of the molecule is CN(C)C1C[C@H]2CN(C(=O)c3ccc(NC(=O)c4ccccc4-c4ccccc4)cc3)c3ccccc3N2C1. The highest BCUT2D eigenvalue weighted by atomic mass is 16.2. The van der Waals surface area contributed by atoms with Gasteiger partial charge < -0.3 is 20.0 Å². The molecular weight excluding hydrogens is 484 g/mol. The Kier molecular flexibility index (Phi) is 6.63. The summed E-state index contributed by atoms with van der Waals surface area (Å²) >= 11 is 0. The van der Waals surface area contributed by atoms with Gasteiger partial charge in [0, 0.05) is 42.0 Å². The van der Waals surface area contributed by atoms with E-state index in [1.54, 1.807) is 24.3 Å². The number of benzene rings is 4. The standard InChI is InChI=1S/C33H32N4O2/c1-35(2)26-20-27-22-37(31-15-9-8-14-30(31)36(27)21-26)33(39)24-16-18-25(19-17-24)34-32(38)29-13-7-6-12-28(29)23-10-4-3-5-11-23/h3-19,26-27H,20-22H2,1-2H3,(H,34,38)/t26?,27-/m0/s1. The highest BCUT2D eigenvalue weighted by Crippen LogP contribution is 2.40. The number of carbonyl (C=O) groups is 2. The van der Waals surface area contributed by atoms with Crippen molar-refractivity contribution in [1.29, 1.82) is 0 Å². The summed E-state index contributed by atoms with van der Waals surface area (Å²) in [6.45, 7) is 1.63. The van der Waals surface area contributed by atoms with Crippen LogP contribution in [0.15, 0.2) is 103 Å². The van der Waals surface area contributed by atoms with Gasteiger partial charge in [-0.25, -0.2) is 0 Å². The average molecular weight is 517 g/mol. The molecule has 2 heterocycles. The van der Waals surface area contributed by atoms with E-state index in [4.69, 9.17) is 0 Å². The number of amides is 2. The summed E-state index contributed by atoms with van der Waals surface area (Å²) < 4.78 is 0. The van der Waals surface area contributed by atoms with Gasteiger partial charge in [0.15, 0.2) is 0 Å². The zero-order valence-electron chi connectivity index (χ0n) is 22.2. The van der Waals surface area contributed by atoms with E-state index in [2.05, 4.69) is 35.3 Å². The Bertz CT molecular complexity index is 1500. The third kappa shape index (κ3) is 4.79. The molecule has 39 heavy (non-hydrogen) atoms. The predicted molar refractivity (Wildman–Crippen MR) is 158 cm³/mol. The number of hydrogen-bond acceptors (Lipinski definition) is 4. The van der Waals surface area contributed by atoms with Crippen LogP contribution in [0.5, 0.6) is 0 Å². The molecular formula is C33H32N4O2. The minimum atomic E-state index is -0.185. The molecule has 0 saturated carbocycles. The van der Waals surface area contributed by atoms with Crippen molar-refractivity contribution in [3.05, 3.63) is 114 Å². The molecule has 0 radical (unpaired) electrons. The third-order valence-electron chi connectivity index (χ3n) is 7.89. The Morgan fingerprint density at radius 3 is 2.18 bits per heavy atom. The highest BCUT2D eigenvalue weighted by Gasteiger charge is 2.40. The van der Waals surface area contributed by atoms with E-state index in [0.29, 0.717) is 35.4 Å². The molecule has 0 aliphatic carbocycles. The molecule has 4 aromatic carbocycles. The van der Waals surface area contributed by atoms with Gasteiger partial charge in [-0.15, -0.1) is 0 Å². The molecule has 6 heteroatoms. The second kappa shape index (κ2) is 10.4. The number of nitrogens with one attached hydrogen (secondary N) is 1. The molecule has 1 fully saturated rings. The van der Waals surface area contributed by atoms with E-state index in [1.807, 2.05) is 77.7 Å². The summed E-state index contributed by atoms with van der Waals surface area (Å²) in [5.74, 6) is -0.210. The van der Waals surface area contributed by atoms with Gasteiger partial charge in [0.2, 0.25) is 0 Å². The molecule has 2 aliphatic heterocycles. The summed E-state index contributed by atoms with van der Waals surface area (Å²) in [6, 6.07) is 33.6. The largest absolute Gasteiger partial charge is 0.363 e. The van der Waals surface area contributed by atoms with Crippen molar-refractivity contribution in [3.63, 3.8) is 0 Å². The lowest BCUT2D eigenvalue weighted by Gasteiger charge is -2.40. The quantitative estimate of drug-likeness (QED) is 0.366. The Balaban J connectivity index is 1.20. The molecule has 0 spiro atoms. The van der Waals surface area contributed by atoms with Crippen LogP contribution < -0.4 is 15.1 Å². The first kappa shape index (κ1) is 24.9. The lowest BCUT2D eigenvalue weighted by atomic mass is 9.99. The van der Waals surface area contributed by atoms with Crippen LogP contribution in [0.4, 0.5) is 17.1 Å². The minimum absolute atomic E-state index is 0.0253. The van der Waals surface area contributed by atoms with Gasteiger partial charge in [-0.1, -0.05) is 60.7 Å². The van der Waals surface area contributed by atoms with Crippen LogP contribution in [0.3, 0.4) is 0 Å². The maximum Gasteiger partial charge on any atom is 0.258 e. The number of hydrogen-bond donors (Lipinski definition) is 1. The number of anilines is 3. The number of carbonyl (C=O) groups excluding carboxylic acids is 2. The Hall–Kier alpha value is -4.42. The van der Waals surface area contributed by atoms with E-state index < -0.39 is 0 Å². The van der Waals surface area contributed by atoms with Crippen molar-refractivity contribution >= 4 is 28.9 Å². The van der Waals surface area contributed by atoms with Gasteiger partial charge >= 0.3 is 0 Å². The second-order valence-electron chi connectivity index (χ2n) is 10.5. The molecule has 0 bridgehead atoms. The van der Waals surface area contributed by atoms with Gasteiger partial charge in [-0.2, -0.15) is 0 Å². The Labute approximate surface area is 229 Å². The van der Waals surface area contributed by atoms with Crippen LogP contribution in [0, 0.1) is 0 Å². The number of fused-ring (bicyclic) bond motifs is 3. The molecule has 4 aromatic rings. The summed E-state index contributed by atoms with van der Waals surface area (Å²) in [6.07, 6.45) is 1.03. The van der Waals surface area contributed by atoms with Crippen molar-refractivity contribution in [1.82, 2.24) is 4.90 Å². The monoisotopic (exact) mass is 516 g/mol. The van der Waals surface area contributed by atoms with Crippen molar-refractivity contribution in [3.8, 4) is 11.1 Å². The molecule has 1 saturated heterocycles. The first-order valence-electron chi connectivity index (χ1n) is 13.4. The molecule has 1 unspecified atom stereocenters. The maximum absolute atomic E-state index is 13.7. The summed E-state index contributed by atoms with van der Waals surface area (Å²) in [7, 11) is 4.25. The Morgan fingerprint density at radius 2 is 1.44 bits per heavy atom. The first-order valence-corrected chi connectivity index (χ1v) is 13.4. The van der Waals surface area contributed by atoms with E-state index in [-0.39, 0.29) is 11.8 Å². The summed E-state index contributed by atoms with van der Waals surface area (Å²) in [5.41, 5.74) is 5.79. The topological polar surface area (TPSA) is 55.9 Å². The van der Waals surface area contributed by atoms with Gasteiger partial charge in [0.1, 0.15) is 0 Å². The maximum atomic E-state index is 13.7. The number of likely N-dealkylation sites (N-methyl/N-ethyl adjacent to an activating group) is 1. The summed E-state index contributed by atoms with van der Waals surface area (Å²) in [5, 5.41) is 3.00. The van der Waals surface area contributed by atoms with Gasteiger partial charge in [-0.05, 0) is 74.1 Å². The predicted octanol–water partition coefficient (Wildman–Crippen LogP) is 5.78. The molecule has 6 rings (SSSR count). The molecule has 6 nitrogen and oxygen atoms in total. The zero-order chi connectivity index (χ0) is 26.9. The van der Waals surface area contributed by atoms with Crippen molar-refractivity contribution in [2.75, 3.05) is 42.3 Å². The molecule has 196 valence electrons. The van der Waals surface area contributed by atoms with Crippen LogP contribution in [0.25, 0.3) is 11.1 Å². The van der Waals surface area contributed by atoms with Crippen LogP contribution in [-0.2, 0) is 0 Å². The van der Waals surface area contributed by atoms with Crippen LogP contribution in [0.1, 0.15) is 27.1 Å². The van der Waals surface area contributed by atoms with Crippen LogP contribution in [-0.4, -0.2) is 56.0 Å². The molecule has 2 atom stereocenters. The van der Waals surface area contributed by atoms with Gasteiger partial charge in [0.05, 0.1) is 11.4 Å². The molecule has 1 N–H and O–H groups in total. The second-order valence-corrected chi connectivity index (χ2v) is 10.5. The van der Waals surface area contributed by atoms with Crippen molar-refractivity contribution in [2.45, 2.75) is 18.5 Å². The number of para-hydroxylation sites is 2. The third-order valence-corrected chi connectivity index (χ3v) is 7.89. The Morgan fingerprint density at radius 1 is 0.769 bits per heavy atom.